The van der Waals surface area contributed by atoms with E-state index < -0.39 is 0 Å². The van der Waals surface area contributed by atoms with Gasteiger partial charge in [-0.25, -0.2) is 0 Å². The van der Waals surface area contributed by atoms with Gasteiger partial charge in [-0.1, -0.05) is 54.6 Å². The van der Waals surface area contributed by atoms with Crippen molar-refractivity contribution in [3.63, 3.8) is 0 Å². The van der Waals surface area contributed by atoms with E-state index in [0.29, 0.717) is 0 Å². The fraction of sp³-hybridized carbons (Fsp3) is 0.208. The third-order valence-electron chi connectivity index (χ3n) is 4.98. The zero-order valence-electron chi connectivity index (χ0n) is 15.4. The monoisotopic (exact) mass is 340 g/mol. The summed E-state index contributed by atoms with van der Waals surface area (Å²) in [5, 5.41) is 3.51. The lowest BCUT2D eigenvalue weighted by molar-refractivity contribution is 0.557. The van der Waals surface area contributed by atoms with Crippen LogP contribution in [-0.2, 0) is 12.0 Å². The van der Waals surface area contributed by atoms with Crippen LogP contribution in [0.2, 0.25) is 0 Å². The van der Waals surface area contributed by atoms with Gasteiger partial charge in [0, 0.05) is 17.1 Å². The summed E-state index contributed by atoms with van der Waals surface area (Å²) in [5.41, 5.74) is 7.16. The summed E-state index contributed by atoms with van der Waals surface area (Å²) in [6.07, 6.45) is 1.98. The largest absolute Gasteiger partial charge is 0.356 e. The lowest BCUT2D eigenvalue weighted by Gasteiger charge is -2.23. The van der Waals surface area contributed by atoms with Crippen molar-refractivity contribution < 1.29 is 0 Å². The van der Waals surface area contributed by atoms with Gasteiger partial charge in [0.2, 0.25) is 0 Å². The zero-order chi connectivity index (χ0) is 18.0. The number of rotatable bonds is 3. The number of hydrogen-bond acceptors (Lipinski definition) is 2. The third kappa shape index (κ3) is 3.41. The minimum absolute atomic E-state index is 0.220. The fourth-order valence-electron chi connectivity index (χ4n) is 3.71. The minimum atomic E-state index is -0.220. The molecule has 0 saturated carbocycles. The summed E-state index contributed by atoms with van der Waals surface area (Å²) in [7, 11) is 0. The predicted molar refractivity (Wildman–Crippen MR) is 110 cm³/mol. The Morgan fingerprint density at radius 1 is 0.769 bits per heavy atom. The number of nitrogens with zero attached hydrogens (tertiary/aromatic N) is 1. The van der Waals surface area contributed by atoms with Crippen LogP contribution in [0.25, 0.3) is 0 Å². The van der Waals surface area contributed by atoms with E-state index in [2.05, 4.69) is 92.0 Å². The van der Waals surface area contributed by atoms with Crippen LogP contribution in [0, 0.1) is 0 Å². The van der Waals surface area contributed by atoms with Crippen molar-refractivity contribution in [2.45, 2.75) is 32.2 Å². The maximum Gasteiger partial charge on any atom is 0.0806 e. The van der Waals surface area contributed by atoms with Gasteiger partial charge in [0.1, 0.15) is 0 Å². The lowest BCUT2D eigenvalue weighted by atomic mass is 9.89. The molecule has 0 radical (unpaired) electrons. The van der Waals surface area contributed by atoms with E-state index in [-0.39, 0.29) is 5.54 Å². The topological polar surface area (TPSA) is 24.4 Å². The summed E-state index contributed by atoms with van der Waals surface area (Å²) in [6.45, 7) is 4.43. The fourth-order valence-corrected chi connectivity index (χ4v) is 3.71. The van der Waals surface area contributed by atoms with Crippen LogP contribution in [0.1, 0.15) is 37.0 Å². The molecule has 0 bridgehead atoms. The molecule has 2 nitrogen and oxygen atoms in total. The minimum Gasteiger partial charge on any atom is -0.356 e. The maximum atomic E-state index is 5.13. The van der Waals surface area contributed by atoms with Crippen molar-refractivity contribution in [1.82, 2.24) is 0 Å². The number of para-hydroxylation sites is 1. The first-order chi connectivity index (χ1) is 12.6. The molecule has 1 N–H and O–H groups in total. The quantitative estimate of drug-likeness (QED) is 0.612. The number of hydrogen-bond donors (Lipinski definition) is 1. The van der Waals surface area contributed by atoms with Crippen LogP contribution in [0.15, 0.2) is 83.9 Å². The van der Waals surface area contributed by atoms with Gasteiger partial charge in [-0.3, -0.25) is 4.99 Å². The summed E-state index contributed by atoms with van der Waals surface area (Å²) in [4.78, 5) is 5.13. The van der Waals surface area contributed by atoms with E-state index in [0.717, 1.165) is 24.2 Å². The van der Waals surface area contributed by atoms with Crippen LogP contribution < -0.4 is 5.32 Å². The highest BCUT2D eigenvalue weighted by molar-refractivity contribution is 6.01. The molecule has 0 unspecified atom stereocenters. The van der Waals surface area contributed by atoms with Gasteiger partial charge in [0.05, 0.1) is 5.54 Å². The van der Waals surface area contributed by atoms with Crippen molar-refractivity contribution in [2.75, 3.05) is 5.32 Å². The number of anilines is 2. The second kappa shape index (κ2) is 6.80. The van der Waals surface area contributed by atoms with E-state index >= 15 is 0 Å². The third-order valence-corrected chi connectivity index (χ3v) is 4.98. The van der Waals surface area contributed by atoms with Gasteiger partial charge in [0.25, 0.3) is 0 Å². The van der Waals surface area contributed by atoms with Crippen molar-refractivity contribution in [3.8, 4) is 0 Å². The highest BCUT2D eigenvalue weighted by Crippen LogP contribution is 2.35. The van der Waals surface area contributed by atoms with Gasteiger partial charge in [-0.15, -0.1) is 0 Å². The molecule has 0 atom stereocenters. The Bertz CT molecular complexity index is 925. The Morgan fingerprint density at radius 3 is 2.19 bits per heavy atom. The van der Waals surface area contributed by atoms with Gasteiger partial charge in [-0.2, -0.15) is 0 Å². The molecule has 2 heteroatoms. The first-order valence-electron chi connectivity index (χ1n) is 9.21. The van der Waals surface area contributed by atoms with E-state index in [1.54, 1.807) is 0 Å². The Morgan fingerprint density at radius 2 is 1.46 bits per heavy atom. The molecule has 3 aromatic carbocycles. The molecule has 0 amide bonds. The molecular formula is C24H24N2. The molecule has 4 rings (SSSR count). The van der Waals surface area contributed by atoms with E-state index in [4.69, 9.17) is 4.99 Å². The van der Waals surface area contributed by atoms with Crippen molar-refractivity contribution in [2.24, 2.45) is 4.99 Å². The molecule has 0 aliphatic carbocycles. The number of aryl methyl sites for hydroxylation is 1. The first-order valence-corrected chi connectivity index (χ1v) is 9.21. The summed E-state index contributed by atoms with van der Waals surface area (Å²) < 4.78 is 0. The second-order valence-corrected chi connectivity index (χ2v) is 7.35. The van der Waals surface area contributed by atoms with Crippen LogP contribution >= 0.6 is 0 Å². The molecule has 1 aliphatic rings. The van der Waals surface area contributed by atoms with Gasteiger partial charge in [0.15, 0.2) is 0 Å². The number of benzene rings is 3. The lowest BCUT2D eigenvalue weighted by Crippen LogP contribution is -2.16. The smallest absolute Gasteiger partial charge is 0.0806 e. The van der Waals surface area contributed by atoms with Gasteiger partial charge >= 0.3 is 0 Å². The molecule has 0 aromatic heterocycles. The van der Waals surface area contributed by atoms with E-state index in [9.17, 15) is 0 Å². The standard InChI is InChI=1S/C24H24N2/c1-24(2)22-15-14-21(25-20-11-7-4-8-12-20)17-19(22)13-16-23(26-24)18-9-5-3-6-10-18/h3-12,14-15,17,25H,13,16H2,1-2H3. The molecule has 3 aromatic rings. The Balaban J connectivity index is 1.66. The normalized spacial score (nSPS) is 15.5. The molecule has 0 fully saturated rings. The molecule has 130 valence electrons. The van der Waals surface area contributed by atoms with Crippen LogP contribution in [0.4, 0.5) is 11.4 Å². The average Bonchev–Trinajstić information content (AvgIpc) is 2.79. The molecule has 0 spiro atoms. The summed E-state index contributed by atoms with van der Waals surface area (Å²) in [6, 6.07) is 27.6. The van der Waals surface area contributed by atoms with Crippen molar-refractivity contribution in [1.29, 1.82) is 0 Å². The van der Waals surface area contributed by atoms with E-state index in [1.165, 1.54) is 22.4 Å². The van der Waals surface area contributed by atoms with Crippen molar-refractivity contribution >= 4 is 17.1 Å². The summed E-state index contributed by atoms with van der Waals surface area (Å²) in [5.74, 6) is 0. The number of aliphatic imine (C=N–C) groups is 1. The number of nitrogens with one attached hydrogen (secondary N) is 1. The summed E-state index contributed by atoms with van der Waals surface area (Å²) >= 11 is 0. The number of fused-ring (bicyclic) bond motifs is 1. The Kier molecular flexibility index (Phi) is 4.34. The SMILES string of the molecule is CC1(C)N=C(c2ccccc2)CCc2cc(Nc3ccccc3)ccc21. The highest BCUT2D eigenvalue weighted by Gasteiger charge is 2.26. The Labute approximate surface area is 155 Å². The average molecular weight is 340 g/mol. The van der Waals surface area contributed by atoms with Crippen molar-refractivity contribution in [3.05, 3.63) is 95.6 Å². The highest BCUT2D eigenvalue weighted by atomic mass is 14.9. The maximum absolute atomic E-state index is 5.13. The second-order valence-electron chi connectivity index (χ2n) is 7.35. The molecule has 1 aliphatic heterocycles. The zero-order valence-corrected chi connectivity index (χ0v) is 15.4. The molecule has 1 heterocycles. The van der Waals surface area contributed by atoms with Crippen LogP contribution in [0.3, 0.4) is 0 Å². The molecular weight excluding hydrogens is 316 g/mol. The van der Waals surface area contributed by atoms with Crippen LogP contribution in [0.5, 0.6) is 0 Å². The predicted octanol–water partition coefficient (Wildman–Crippen LogP) is 6.10. The Hall–Kier alpha value is -2.87. The van der Waals surface area contributed by atoms with Crippen LogP contribution in [-0.4, -0.2) is 5.71 Å². The first kappa shape index (κ1) is 16.6. The van der Waals surface area contributed by atoms with Gasteiger partial charge < -0.3 is 5.32 Å². The van der Waals surface area contributed by atoms with Gasteiger partial charge in [-0.05, 0) is 67.6 Å². The van der Waals surface area contributed by atoms with E-state index in [1.807, 2.05) is 6.07 Å². The molecule has 26 heavy (non-hydrogen) atoms. The molecule has 0 saturated heterocycles.